The van der Waals surface area contributed by atoms with Crippen LogP contribution in [0.2, 0.25) is 0 Å². The topological polar surface area (TPSA) is 375 Å². The lowest BCUT2D eigenvalue weighted by atomic mass is 9.78. The SMILES string of the molecule is Br.C1COCCN1.CC1(C)OB(c2ccc3c(c2)CN=C3)OC1(C)C.CCOC(CBr)OCC.Cc1c(Br)cc(Br)c2nccn12.Cc1c(Br)cc(Br)c2nccn12.Cc1c(Br)cc(Nc2ccc(N3CCOCC3)cn2)c2nccn12.Cc1nc(N)c(Br)cc1Br.Nc1ccc(N2CCOCC2)cn1.O=[N+]([O-])c1ccc(Br)cn1.O=[N+]([O-])c1ccc(N2CCOCC2)cn1. The van der Waals surface area contributed by atoms with E-state index < -0.39 is 9.85 Å². The quantitative estimate of drug-likeness (QED) is 0.0274. The molecule has 6 aliphatic rings. The Labute approximate surface area is 842 Å². The third-order valence-electron chi connectivity index (χ3n) is 20.2. The third kappa shape index (κ3) is 32.6. The van der Waals surface area contributed by atoms with Crippen molar-refractivity contribution in [3.05, 3.63) is 243 Å². The Morgan fingerprint density at radius 2 is 0.962 bits per heavy atom. The highest BCUT2D eigenvalue weighted by Crippen LogP contribution is 2.37. The van der Waals surface area contributed by atoms with Gasteiger partial charge < -0.3 is 108 Å². The number of imidazole rings is 3. The Morgan fingerprint density at radius 1 is 0.523 bits per heavy atom. The number of nitro groups is 2. The number of aromatic nitrogens is 11. The van der Waals surface area contributed by atoms with Gasteiger partial charge in [-0.1, -0.05) is 34.1 Å². The van der Waals surface area contributed by atoms with Gasteiger partial charge in [0.15, 0.2) is 35.6 Å². The van der Waals surface area contributed by atoms with Crippen LogP contribution in [0.15, 0.2) is 194 Å². The molecule has 12 aromatic rings. The molecule has 1 aromatic carbocycles. The van der Waals surface area contributed by atoms with Crippen LogP contribution >= 0.6 is 160 Å². The summed E-state index contributed by atoms with van der Waals surface area (Å²) in [5.41, 5.74) is 25.2. The van der Waals surface area contributed by atoms with E-state index in [0.29, 0.717) is 38.1 Å². The molecule has 5 saturated heterocycles. The summed E-state index contributed by atoms with van der Waals surface area (Å²) in [4.78, 5) is 63.1. The van der Waals surface area contributed by atoms with Crippen LogP contribution in [-0.2, 0) is 44.3 Å². The molecule has 18 rings (SSSR count). The van der Waals surface area contributed by atoms with E-state index in [1.54, 1.807) is 36.9 Å². The van der Waals surface area contributed by atoms with Gasteiger partial charge in [0.1, 0.15) is 17.5 Å². The Bertz CT molecular complexity index is 5420. The van der Waals surface area contributed by atoms with E-state index in [1.165, 1.54) is 35.7 Å². The molecule has 6 aliphatic heterocycles. The van der Waals surface area contributed by atoms with E-state index in [9.17, 15) is 20.2 Å². The highest BCUT2D eigenvalue weighted by molar-refractivity contribution is 9.12. The second-order valence-corrected chi connectivity index (χ2v) is 37.0. The zero-order valence-electron chi connectivity index (χ0n) is 73.3. The molecule has 698 valence electrons. The fourth-order valence-electron chi connectivity index (χ4n) is 12.4. The number of alkyl halides is 1. The maximum absolute atomic E-state index is 10.4. The van der Waals surface area contributed by atoms with Crippen molar-refractivity contribution in [1.29, 1.82) is 0 Å². The lowest BCUT2D eigenvalue weighted by molar-refractivity contribution is -0.389. The molecule has 0 aliphatic carbocycles. The Balaban J connectivity index is 0.000000182. The summed E-state index contributed by atoms with van der Waals surface area (Å²) < 4.78 is 57.1. The molecule has 0 unspecified atom stereocenters. The molecule has 11 aromatic heterocycles. The summed E-state index contributed by atoms with van der Waals surface area (Å²) in [6.07, 6.45) is 19.7. The molecule has 0 amide bonds. The first kappa shape index (κ1) is 108. The third-order valence-corrected chi connectivity index (χ3v) is 26.2. The van der Waals surface area contributed by atoms with Gasteiger partial charge in [0, 0.05) is 156 Å². The molecule has 44 heteroatoms. The van der Waals surface area contributed by atoms with Gasteiger partial charge in [0.25, 0.3) is 0 Å². The summed E-state index contributed by atoms with van der Waals surface area (Å²) >= 11 is 30.4. The number of halogens is 10. The van der Waals surface area contributed by atoms with Gasteiger partial charge in [-0.2, -0.15) is 0 Å². The van der Waals surface area contributed by atoms with Crippen LogP contribution in [0.25, 0.3) is 16.9 Å². The maximum Gasteiger partial charge on any atom is 0.494 e. The Morgan fingerprint density at radius 3 is 1.37 bits per heavy atom. The Hall–Kier alpha value is -7.19. The largest absolute Gasteiger partial charge is 0.494 e. The smallest absolute Gasteiger partial charge is 0.399 e. The second kappa shape index (κ2) is 54.4. The summed E-state index contributed by atoms with van der Waals surface area (Å²) in [7, 11) is -0.277. The minimum absolute atomic E-state index is 0. The zero-order valence-corrected chi connectivity index (χ0v) is 89.3. The van der Waals surface area contributed by atoms with Gasteiger partial charge in [-0.15, -0.1) is 17.0 Å². The summed E-state index contributed by atoms with van der Waals surface area (Å²) in [6.45, 7) is 36.1. The highest BCUT2D eigenvalue weighted by atomic mass is 79.9. The molecule has 0 spiro atoms. The first-order valence-corrected chi connectivity index (χ1v) is 48.4. The van der Waals surface area contributed by atoms with Crippen molar-refractivity contribution in [2.45, 2.75) is 93.3 Å². The van der Waals surface area contributed by atoms with E-state index in [-0.39, 0.29) is 53.2 Å². The van der Waals surface area contributed by atoms with Crippen LogP contribution in [0, 0.1) is 47.9 Å². The van der Waals surface area contributed by atoms with E-state index in [0.717, 1.165) is 213 Å². The van der Waals surface area contributed by atoms with Gasteiger partial charge in [0.05, 0.1) is 135 Å². The fraction of sp³-hybridized carbons (Fsp3) is 0.384. The number of fused-ring (bicyclic) bond motifs is 4. The lowest BCUT2D eigenvalue weighted by Crippen LogP contribution is -2.41. The van der Waals surface area contributed by atoms with Crippen molar-refractivity contribution in [1.82, 2.24) is 58.4 Å². The van der Waals surface area contributed by atoms with Crippen LogP contribution in [0.3, 0.4) is 0 Å². The molecule has 0 bridgehead atoms. The maximum atomic E-state index is 10.4. The van der Waals surface area contributed by atoms with Crippen molar-refractivity contribution in [3.8, 4) is 0 Å². The first-order valence-electron chi connectivity index (χ1n) is 40.9. The molecule has 33 nitrogen and oxygen atoms in total. The number of morpholine rings is 4. The zero-order chi connectivity index (χ0) is 93.3. The molecule has 0 saturated carbocycles. The first-order chi connectivity index (χ1) is 61.8. The van der Waals surface area contributed by atoms with E-state index in [2.05, 4.69) is 277 Å². The molecular formula is C86H104BBr10N21O12. The summed E-state index contributed by atoms with van der Waals surface area (Å²) in [5.74, 6) is 1.64. The number of nitrogens with zero attached hydrogens (tertiary/aromatic N) is 17. The average molecular weight is 2430 g/mol. The van der Waals surface area contributed by atoms with Gasteiger partial charge in [-0.25, -0.2) is 29.9 Å². The number of aryl methyl sites for hydroxylation is 4. The molecular weight excluding hydrogens is 2330 g/mol. The van der Waals surface area contributed by atoms with Crippen LogP contribution in [0.1, 0.15) is 75.4 Å². The number of hydrogen-bond donors (Lipinski definition) is 4. The Kier molecular flexibility index (Phi) is 45.2. The number of nitrogens with one attached hydrogen (secondary N) is 2. The predicted octanol–water partition coefficient (Wildman–Crippen LogP) is 19.2. The molecule has 17 heterocycles. The fourth-order valence-corrected chi connectivity index (χ4v) is 16.9. The number of anilines is 7. The van der Waals surface area contributed by atoms with Gasteiger partial charge in [-0.3, -0.25) is 4.99 Å². The van der Waals surface area contributed by atoms with Crippen LogP contribution in [0.4, 0.5) is 51.8 Å². The highest BCUT2D eigenvalue weighted by Gasteiger charge is 2.52. The second-order valence-electron chi connectivity index (χ2n) is 29.5. The van der Waals surface area contributed by atoms with Gasteiger partial charge in [0.2, 0.25) is 0 Å². The van der Waals surface area contributed by atoms with Crippen molar-refractivity contribution in [3.63, 3.8) is 0 Å². The monoisotopic (exact) mass is 2420 g/mol. The number of ether oxygens (including phenoxy) is 6. The number of nitrogen functional groups attached to an aromatic ring is 2. The van der Waals surface area contributed by atoms with E-state index in [1.807, 2.05) is 117 Å². The van der Waals surface area contributed by atoms with E-state index in [4.69, 9.17) is 49.2 Å². The molecule has 130 heavy (non-hydrogen) atoms. The number of pyridine rings is 8. The molecule has 5 fully saturated rings. The van der Waals surface area contributed by atoms with Gasteiger partial charge in [-0.05, 0) is 294 Å². The molecule has 6 N–H and O–H groups in total. The normalized spacial score (nSPS) is 15.0. The summed E-state index contributed by atoms with van der Waals surface area (Å²) in [5, 5.41) is 27.7. The standard InChI is InChI=1S/C17H18BrN5O.C14H18BNO2.C9H11N3O3.C9H13N3O.2C8H6Br2N2.C6H6Br2N2.C6H13BrO2.C5H3BrN2O2.C4H9NO.BrH/c1-12-14(18)10-15(17-19-4-5-23(12)17)21-16-3-2-13(11-20-16)22-6-8-24-9-7-22;1-13(2)14(3,4)18-15(17-13)12-6-5-10-8-16-9-11(10)7-12;13-12(14)9-2-1-8(7-10-9)11-3-5-15-6-4-11;10-9-2-1-8(7-11-9)12-3-5-13-6-4-12;2*1-5-6(9)4-7(10)8-11-2-3-12(5)8;1-3-4(7)2-5(8)6(9)10-3;1-3-8-6(5-7)9-4-2;6-4-1-2-5(7-3-4)8(9)10;1-3-6-4-2-5-1;/h2-5,10-11H,6-9H2,1H3,(H,20,21);5-8H,9H2,1-4H3;1-2,7H,3-6H2;1-2,7H,3-6H2,(H2,10,11);2*2-4H,1H3;2H,1H3,(H2,9,10);6H,3-5H2,1-2H3;1-3H;5H,1-4H2;1H. The minimum atomic E-state index is -0.535. The van der Waals surface area contributed by atoms with Crippen molar-refractivity contribution >= 4 is 248 Å². The predicted molar refractivity (Wildman–Crippen MR) is 550 cm³/mol. The van der Waals surface area contributed by atoms with Crippen molar-refractivity contribution in [2.24, 2.45) is 4.99 Å². The summed E-state index contributed by atoms with van der Waals surface area (Å²) in [6, 6.07) is 28.2. The van der Waals surface area contributed by atoms with Crippen LogP contribution < -0.4 is 42.3 Å². The van der Waals surface area contributed by atoms with Crippen molar-refractivity contribution in [2.75, 3.05) is 155 Å². The van der Waals surface area contributed by atoms with Gasteiger partial charge >= 0.3 is 18.8 Å². The molecule has 0 atom stereocenters. The van der Waals surface area contributed by atoms with E-state index >= 15 is 0 Å². The molecule has 0 radical (unpaired) electrons. The van der Waals surface area contributed by atoms with Crippen LogP contribution in [-0.4, -0.2) is 218 Å². The number of nitrogens with two attached hydrogens (primary N) is 2. The number of benzene rings is 1. The number of aliphatic imine (C=N–C) groups is 1. The number of rotatable bonds is 13. The minimum Gasteiger partial charge on any atom is -0.399 e. The van der Waals surface area contributed by atoms with Crippen molar-refractivity contribution < 1.29 is 47.6 Å². The lowest BCUT2D eigenvalue weighted by Gasteiger charge is -2.32. The number of hydrogen-bond acceptors (Lipinski definition) is 28. The van der Waals surface area contributed by atoms with Crippen LogP contribution in [0.5, 0.6) is 0 Å². The average Bonchev–Trinajstić information content (AvgIpc) is 1.63.